The Kier molecular flexibility index (Phi) is 10.8. The average molecular weight is 424 g/mol. The summed E-state index contributed by atoms with van der Waals surface area (Å²) in [5.74, 6) is 0.442. The molecular formula is C17H30ClN3O3S2. The number of carbonyl (C=O) groups is 1. The van der Waals surface area contributed by atoms with Crippen LogP contribution in [0.1, 0.15) is 20.3 Å². The van der Waals surface area contributed by atoms with Gasteiger partial charge in [0.05, 0.1) is 4.90 Å². The minimum atomic E-state index is -3.75. The maximum atomic E-state index is 12.8. The summed E-state index contributed by atoms with van der Waals surface area (Å²) >= 11 is 1.57. The third kappa shape index (κ3) is 7.84. The lowest BCUT2D eigenvalue weighted by Crippen LogP contribution is -2.50. The predicted molar refractivity (Wildman–Crippen MR) is 111 cm³/mol. The van der Waals surface area contributed by atoms with Gasteiger partial charge in [-0.1, -0.05) is 32.0 Å². The Labute approximate surface area is 167 Å². The highest BCUT2D eigenvalue weighted by atomic mass is 35.5. The first-order valence-electron chi connectivity index (χ1n) is 8.14. The molecule has 0 heterocycles. The SMILES string of the molecule is CSCCC(NS(=O)(=O)c1ccccc1)C(=O)N(C)CC(C)(C)CN.Cl. The fourth-order valence-corrected chi connectivity index (χ4v) is 4.09. The smallest absolute Gasteiger partial charge is 0.241 e. The average Bonchev–Trinajstić information content (AvgIpc) is 2.58. The van der Waals surface area contributed by atoms with Crippen LogP contribution in [0.2, 0.25) is 0 Å². The normalized spacial score (nSPS) is 13.0. The molecule has 0 saturated carbocycles. The Hall–Kier alpha value is -0.800. The molecule has 26 heavy (non-hydrogen) atoms. The van der Waals surface area contributed by atoms with Crippen molar-refractivity contribution in [1.82, 2.24) is 9.62 Å². The topological polar surface area (TPSA) is 92.5 Å². The second kappa shape index (κ2) is 11.1. The van der Waals surface area contributed by atoms with Gasteiger partial charge in [0.25, 0.3) is 0 Å². The van der Waals surface area contributed by atoms with E-state index in [1.54, 1.807) is 41.9 Å². The molecule has 1 aromatic carbocycles. The molecule has 9 heteroatoms. The molecule has 1 atom stereocenters. The maximum Gasteiger partial charge on any atom is 0.241 e. The summed E-state index contributed by atoms with van der Waals surface area (Å²) in [6.45, 7) is 4.85. The van der Waals surface area contributed by atoms with E-state index in [0.29, 0.717) is 25.3 Å². The van der Waals surface area contributed by atoms with E-state index in [9.17, 15) is 13.2 Å². The van der Waals surface area contributed by atoms with E-state index in [2.05, 4.69) is 4.72 Å². The molecule has 1 unspecified atom stereocenters. The lowest BCUT2D eigenvalue weighted by molar-refractivity contribution is -0.132. The molecule has 0 bridgehead atoms. The highest BCUT2D eigenvalue weighted by Crippen LogP contribution is 2.16. The highest BCUT2D eigenvalue weighted by molar-refractivity contribution is 7.98. The lowest BCUT2D eigenvalue weighted by Gasteiger charge is -2.31. The largest absolute Gasteiger partial charge is 0.344 e. The number of benzene rings is 1. The summed E-state index contributed by atoms with van der Waals surface area (Å²) in [4.78, 5) is 14.5. The Morgan fingerprint density at radius 1 is 1.31 bits per heavy atom. The number of rotatable bonds is 10. The molecular weight excluding hydrogens is 394 g/mol. The number of hydrogen-bond donors (Lipinski definition) is 2. The van der Waals surface area contributed by atoms with Gasteiger partial charge in [-0.15, -0.1) is 12.4 Å². The van der Waals surface area contributed by atoms with Crippen molar-refractivity contribution in [2.24, 2.45) is 11.1 Å². The summed E-state index contributed by atoms with van der Waals surface area (Å²) in [7, 11) is -2.07. The number of nitrogens with one attached hydrogen (secondary N) is 1. The van der Waals surface area contributed by atoms with Crippen molar-refractivity contribution in [2.75, 3.05) is 32.1 Å². The van der Waals surface area contributed by atoms with Gasteiger partial charge in [-0.05, 0) is 42.5 Å². The molecule has 1 amide bonds. The monoisotopic (exact) mass is 423 g/mol. The van der Waals surface area contributed by atoms with Crippen molar-refractivity contribution in [3.8, 4) is 0 Å². The first kappa shape index (κ1) is 25.2. The van der Waals surface area contributed by atoms with Crippen LogP contribution < -0.4 is 10.5 Å². The van der Waals surface area contributed by atoms with E-state index in [0.717, 1.165) is 0 Å². The van der Waals surface area contributed by atoms with E-state index in [-0.39, 0.29) is 28.6 Å². The van der Waals surface area contributed by atoms with Crippen LogP contribution in [-0.2, 0) is 14.8 Å². The van der Waals surface area contributed by atoms with Gasteiger partial charge in [0.15, 0.2) is 0 Å². The second-order valence-electron chi connectivity index (χ2n) is 6.83. The quantitative estimate of drug-likeness (QED) is 0.600. The molecule has 0 aromatic heterocycles. The van der Waals surface area contributed by atoms with Crippen LogP contribution in [0.5, 0.6) is 0 Å². The molecule has 0 aliphatic rings. The molecule has 0 spiro atoms. The lowest BCUT2D eigenvalue weighted by atomic mass is 9.93. The van der Waals surface area contributed by atoms with Crippen molar-refractivity contribution in [3.63, 3.8) is 0 Å². The fraction of sp³-hybridized carbons (Fsp3) is 0.588. The summed E-state index contributed by atoms with van der Waals surface area (Å²) in [6, 6.07) is 7.29. The van der Waals surface area contributed by atoms with Crippen LogP contribution in [-0.4, -0.2) is 57.4 Å². The number of carbonyl (C=O) groups excluding carboxylic acids is 1. The molecule has 0 saturated heterocycles. The third-order valence-corrected chi connectivity index (χ3v) is 5.99. The minimum Gasteiger partial charge on any atom is -0.344 e. The van der Waals surface area contributed by atoms with Gasteiger partial charge in [0.1, 0.15) is 6.04 Å². The molecule has 3 N–H and O–H groups in total. The van der Waals surface area contributed by atoms with Gasteiger partial charge in [-0.3, -0.25) is 4.79 Å². The molecule has 6 nitrogen and oxygen atoms in total. The zero-order valence-electron chi connectivity index (χ0n) is 15.8. The maximum absolute atomic E-state index is 12.8. The molecule has 1 aromatic rings. The zero-order valence-corrected chi connectivity index (χ0v) is 18.2. The van der Waals surface area contributed by atoms with Gasteiger partial charge in [0.2, 0.25) is 15.9 Å². The minimum absolute atomic E-state index is 0. The first-order chi connectivity index (χ1) is 11.6. The van der Waals surface area contributed by atoms with Crippen LogP contribution >= 0.6 is 24.2 Å². The Balaban J connectivity index is 0.00000625. The Morgan fingerprint density at radius 3 is 2.38 bits per heavy atom. The zero-order chi connectivity index (χ0) is 19.1. The van der Waals surface area contributed by atoms with Crippen molar-refractivity contribution < 1.29 is 13.2 Å². The van der Waals surface area contributed by atoms with Crippen molar-refractivity contribution in [3.05, 3.63) is 30.3 Å². The van der Waals surface area contributed by atoms with Crippen LogP contribution in [0.3, 0.4) is 0 Å². The van der Waals surface area contributed by atoms with E-state index in [1.807, 2.05) is 20.1 Å². The van der Waals surface area contributed by atoms with Gasteiger partial charge in [0, 0.05) is 13.6 Å². The van der Waals surface area contributed by atoms with Crippen molar-refractivity contribution >= 4 is 40.1 Å². The number of sulfonamides is 1. The van der Waals surface area contributed by atoms with Gasteiger partial charge in [-0.25, -0.2) is 8.42 Å². The molecule has 150 valence electrons. The van der Waals surface area contributed by atoms with Crippen LogP contribution in [0, 0.1) is 5.41 Å². The Morgan fingerprint density at radius 2 is 1.88 bits per heavy atom. The number of nitrogens with zero attached hydrogens (tertiary/aromatic N) is 1. The van der Waals surface area contributed by atoms with Crippen molar-refractivity contribution in [1.29, 1.82) is 0 Å². The summed E-state index contributed by atoms with van der Waals surface area (Å²) < 4.78 is 27.7. The number of thioether (sulfide) groups is 1. The highest BCUT2D eigenvalue weighted by Gasteiger charge is 2.30. The molecule has 0 aliphatic carbocycles. The first-order valence-corrected chi connectivity index (χ1v) is 11.0. The van der Waals surface area contributed by atoms with E-state index >= 15 is 0 Å². The van der Waals surface area contributed by atoms with Crippen LogP contribution in [0.25, 0.3) is 0 Å². The van der Waals surface area contributed by atoms with E-state index in [4.69, 9.17) is 5.73 Å². The van der Waals surface area contributed by atoms with E-state index < -0.39 is 16.1 Å². The van der Waals surface area contributed by atoms with E-state index in [1.165, 1.54) is 12.1 Å². The number of halogens is 1. The van der Waals surface area contributed by atoms with Gasteiger partial charge >= 0.3 is 0 Å². The van der Waals surface area contributed by atoms with Gasteiger partial charge in [-0.2, -0.15) is 16.5 Å². The van der Waals surface area contributed by atoms with Crippen LogP contribution in [0.4, 0.5) is 0 Å². The summed E-state index contributed by atoms with van der Waals surface area (Å²) in [5.41, 5.74) is 5.51. The third-order valence-electron chi connectivity index (χ3n) is 3.85. The number of amides is 1. The van der Waals surface area contributed by atoms with Crippen molar-refractivity contribution in [2.45, 2.75) is 31.2 Å². The number of likely N-dealkylation sites (N-methyl/N-ethyl adjacent to an activating group) is 1. The van der Waals surface area contributed by atoms with Gasteiger partial charge < -0.3 is 10.6 Å². The summed E-state index contributed by atoms with van der Waals surface area (Å²) in [6.07, 6.45) is 2.36. The van der Waals surface area contributed by atoms with Crippen LogP contribution in [0.15, 0.2) is 35.2 Å². The number of hydrogen-bond acceptors (Lipinski definition) is 5. The standard InChI is InChI=1S/C17H29N3O3S2.ClH/c1-17(2,12-18)13-20(3)16(21)15(10-11-24-4)19-25(22,23)14-8-6-5-7-9-14;/h5-9,15,19H,10-13,18H2,1-4H3;1H. The summed E-state index contributed by atoms with van der Waals surface area (Å²) in [5, 5.41) is 0. The fourth-order valence-electron chi connectivity index (χ4n) is 2.37. The molecule has 0 fully saturated rings. The predicted octanol–water partition coefficient (Wildman–Crippen LogP) is 1.95. The molecule has 1 rings (SSSR count). The molecule has 0 radical (unpaired) electrons. The number of nitrogens with two attached hydrogens (primary N) is 1. The Bertz CT molecular complexity index is 654. The second-order valence-corrected chi connectivity index (χ2v) is 9.53. The molecule has 0 aliphatic heterocycles.